The topological polar surface area (TPSA) is 97.1 Å². The predicted molar refractivity (Wildman–Crippen MR) is 70.5 cm³/mol. The number of aromatic nitrogens is 3. The minimum absolute atomic E-state index is 0.0893. The number of carbonyl (C=O) groups is 2. The largest absolute Gasteiger partial charge is 0.477 e. The number of pyridine rings is 1. The lowest BCUT2D eigenvalue weighted by molar-refractivity contribution is 0.0689. The van der Waals surface area contributed by atoms with Crippen LogP contribution in [0.2, 0.25) is 0 Å². The van der Waals surface area contributed by atoms with Crippen molar-refractivity contribution in [3.05, 3.63) is 47.5 Å². The summed E-state index contributed by atoms with van der Waals surface area (Å²) in [5.41, 5.74) is 1.30. The lowest BCUT2D eigenvalue weighted by Crippen LogP contribution is -2.27. The van der Waals surface area contributed by atoms with E-state index in [2.05, 4.69) is 15.4 Å². The molecule has 2 N–H and O–H groups in total. The van der Waals surface area contributed by atoms with Crippen LogP contribution in [0.25, 0.3) is 0 Å². The van der Waals surface area contributed by atoms with Crippen LogP contribution in [0.15, 0.2) is 30.7 Å². The third-order valence-electron chi connectivity index (χ3n) is 2.63. The average molecular weight is 274 g/mol. The molecule has 2 aromatic rings. The molecule has 2 aromatic heterocycles. The number of hydrogen-bond donors (Lipinski definition) is 2. The summed E-state index contributed by atoms with van der Waals surface area (Å²) in [6.07, 6.45) is 4.88. The summed E-state index contributed by atoms with van der Waals surface area (Å²) in [6, 6.07) is 2.73. The van der Waals surface area contributed by atoms with Gasteiger partial charge in [0.05, 0.1) is 18.3 Å². The maximum Gasteiger partial charge on any atom is 0.354 e. The maximum absolute atomic E-state index is 11.8. The summed E-state index contributed by atoms with van der Waals surface area (Å²) in [6.45, 7) is 2.94. The molecule has 0 bridgehead atoms. The first-order chi connectivity index (χ1) is 9.56. The first-order valence-corrected chi connectivity index (χ1v) is 6.03. The van der Waals surface area contributed by atoms with Crippen molar-refractivity contribution in [2.45, 2.75) is 13.5 Å². The molecular weight excluding hydrogens is 260 g/mol. The highest BCUT2D eigenvalue weighted by Crippen LogP contribution is 2.00. The van der Waals surface area contributed by atoms with Crippen molar-refractivity contribution < 1.29 is 14.7 Å². The monoisotopic (exact) mass is 274 g/mol. The minimum Gasteiger partial charge on any atom is -0.477 e. The van der Waals surface area contributed by atoms with E-state index in [0.29, 0.717) is 18.7 Å². The molecular formula is C13H14N4O3. The van der Waals surface area contributed by atoms with Gasteiger partial charge in [0.1, 0.15) is 5.69 Å². The average Bonchev–Trinajstić information content (AvgIpc) is 2.84. The van der Waals surface area contributed by atoms with Gasteiger partial charge in [0.2, 0.25) is 0 Å². The van der Waals surface area contributed by atoms with Gasteiger partial charge in [0.15, 0.2) is 0 Å². The fraction of sp³-hybridized carbons (Fsp3) is 0.231. The number of carboxylic acid groups (broad SMARTS) is 1. The molecule has 104 valence electrons. The number of aromatic carboxylic acids is 1. The van der Waals surface area contributed by atoms with Crippen LogP contribution in [0.4, 0.5) is 0 Å². The van der Waals surface area contributed by atoms with Crippen molar-refractivity contribution in [3.63, 3.8) is 0 Å². The fourth-order valence-electron chi connectivity index (χ4n) is 1.63. The van der Waals surface area contributed by atoms with Gasteiger partial charge >= 0.3 is 5.97 Å². The second-order valence-electron chi connectivity index (χ2n) is 4.27. The highest BCUT2D eigenvalue weighted by molar-refractivity contribution is 5.94. The standard InChI is InChI=1S/C13H14N4O3/c1-9-6-16-17(8-9)5-4-14-12(18)10-2-3-11(13(19)20)15-7-10/h2-3,6-8H,4-5H2,1H3,(H,14,18)(H,19,20). The van der Waals surface area contributed by atoms with Crippen molar-refractivity contribution in [3.8, 4) is 0 Å². The van der Waals surface area contributed by atoms with Gasteiger partial charge in [-0.1, -0.05) is 0 Å². The van der Waals surface area contributed by atoms with E-state index in [9.17, 15) is 9.59 Å². The molecule has 0 aliphatic carbocycles. The Hall–Kier alpha value is -2.70. The fourth-order valence-corrected chi connectivity index (χ4v) is 1.63. The zero-order valence-corrected chi connectivity index (χ0v) is 10.9. The number of nitrogens with one attached hydrogen (secondary N) is 1. The predicted octanol–water partition coefficient (Wildman–Crippen LogP) is 0.715. The number of rotatable bonds is 5. The summed E-state index contributed by atoms with van der Waals surface area (Å²) in [5.74, 6) is -1.41. The third-order valence-corrected chi connectivity index (χ3v) is 2.63. The van der Waals surface area contributed by atoms with E-state index < -0.39 is 5.97 Å². The van der Waals surface area contributed by atoms with E-state index in [4.69, 9.17) is 5.11 Å². The van der Waals surface area contributed by atoms with Crippen molar-refractivity contribution in [2.75, 3.05) is 6.54 Å². The molecule has 7 nitrogen and oxygen atoms in total. The van der Waals surface area contributed by atoms with Crippen LogP contribution in [-0.2, 0) is 6.54 Å². The van der Waals surface area contributed by atoms with Crippen molar-refractivity contribution in [1.82, 2.24) is 20.1 Å². The highest BCUT2D eigenvalue weighted by Gasteiger charge is 2.08. The van der Waals surface area contributed by atoms with Crippen LogP contribution in [0.5, 0.6) is 0 Å². The second kappa shape index (κ2) is 5.96. The molecule has 0 radical (unpaired) electrons. The molecule has 0 saturated carbocycles. The van der Waals surface area contributed by atoms with Crippen LogP contribution in [0, 0.1) is 6.92 Å². The van der Waals surface area contributed by atoms with Crippen LogP contribution in [-0.4, -0.2) is 38.3 Å². The van der Waals surface area contributed by atoms with Crippen molar-refractivity contribution in [2.24, 2.45) is 0 Å². The van der Waals surface area contributed by atoms with Gasteiger partial charge < -0.3 is 10.4 Å². The second-order valence-corrected chi connectivity index (χ2v) is 4.27. The molecule has 2 rings (SSSR count). The molecule has 0 aliphatic heterocycles. The van der Waals surface area contributed by atoms with E-state index in [1.807, 2.05) is 13.1 Å². The summed E-state index contributed by atoms with van der Waals surface area (Å²) in [5, 5.41) is 15.5. The number of carboxylic acids is 1. The first kappa shape index (κ1) is 13.7. The van der Waals surface area contributed by atoms with E-state index in [-0.39, 0.29) is 11.6 Å². The Labute approximate surface area is 115 Å². The number of nitrogens with zero attached hydrogens (tertiary/aromatic N) is 3. The van der Waals surface area contributed by atoms with Gasteiger partial charge in [-0.3, -0.25) is 9.48 Å². The molecule has 0 spiro atoms. The Morgan fingerprint density at radius 1 is 1.35 bits per heavy atom. The number of aryl methyl sites for hydroxylation is 1. The highest BCUT2D eigenvalue weighted by atomic mass is 16.4. The van der Waals surface area contributed by atoms with Crippen LogP contribution in [0.3, 0.4) is 0 Å². The molecule has 20 heavy (non-hydrogen) atoms. The van der Waals surface area contributed by atoms with Gasteiger partial charge in [-0.25, -0.2) is 9.78 Å². The molecule has 0 atom stereocenters. The van der Waals surface area contributed by atoms with E-state index in [1.54, 1.807) is 10.9 Å². The summed E-state index contributed by atoms with van der Waals surface area (Å²) >= 11 is 0. The zero-order valence-electron chi connectivity index (χ0n) is 10.9. The van der Waals surface area contributed by atoms with E-state index in [1.165, 1.54) is 18.3 Å². The van der Waals surface area contributed by atoms with Gasteiger partial charge in [-0.2, -0.15) is 5.10 Å². The molecule has 0 fully saturated rings. The van der Waals surface area contributed by atoms with Crippen molar-refractivity contribution in [1.29, 1.82) is 0 Å². The van der Waals surface area contributed by atoms with Gasteiger partial charge in [-0.15, -0.1) is 0 Å². The SMILES string of the molecule is Cc1cnn(CCNC(=O)c2ccc(C(=O)O)nc2)c1. The Morgan fingerprint density at radius 3 is 2.70 bits per heavy atom. The smallest absolute Gasteiger partial charge is 0.354 e. The van der Waals surface area contributed by atoms with Crippen LogP contribution >= 0.6 is 0 Å². The molecule has 0 saturated heterocycles. The summed E-state index contributed by atoms with van der Waals surface area (Å²) in [7, 11) is 0. The molecule has 0 aromatic carbocycles. The Kier molecular flexibility index (Phi) is 4.09. The summed E-state index contributed by atoms with van der Waals surface area (Å²) in [4.78, 5) is 26.1. The number of carbonyl (C=O) groups excluding carboxylic acids is 1. The molecule has 2 heterocycles. The normalized spacial score (nSPS) is 10.2. The summed E-state index contributed by atoms with van der Waals surface area (Å²) < 4.78 is 1.74. The Morgan fingerprint density at radius 2 is 2.15 bits per heavy atom. The molecule has 0 unspecified atom stereocenters. The van der Waals surface area contributed by atoms with Gasteiger partial charge in [0, 0.05) is 18.9 Å². The lowest BCUT2D eigenvalue weighted by Gasteiger charge is -2.05. The zero-order chi connectivity index (χ0) is 14.5. The molecule has 1 amide bonds. The van der Waals surface area contributed by atoms with Crippen molar-refractivity contribution >= 4 is 11.9 Å². The molecule has 0 aliphatic rings. The van der Waals surface area contributed by atoms with E-state index in [0.717, 1.165) is 5.56 Å². The Bertz CT molecular complexity index is 619. The van der Waals surface area contributed by atoms with Gasteiger partial charge in [-0.05, 0) is 24.6 Å². The minimum atomic E-state index is -1.12. The molecule has 7 heteroatoms. The first-order valence-electron chi connectivity index (χ1n) is 6.03. The number of amides is 1. The van der Waals surface area contributed by atoms with Crippen LogP contribution in [0.1, 0.15) is 26.4 Å². The Balaban J connectivity index is 1.86. The lowest BCUT2D eigenvalue weighted by atomic mass is 10.2. The van der Waals surface area contributed by atoms with Gasteiger partial charge in [0.25, 0.3) is 5.91 Å². The number of hydrogen-bond acceptors (Lipinski definition) is 4. The van der Waals surface area contributed by atoms with Crippen LogP contribution < -0.4 is 5.32 Å². The quantitative estimate of drug-likeness (QED) is 0.837. The maximum atomic E-state index is 11.8. The van der Waals surface area contributed by atoms with E-state index >= 15 is 0 Å². The third kappa shape index (κ3) is 3.41.